The van der Waals surface area contributed by atoms with Crippen LogP contribution in [0.3, 0.4) is 0 Å². The Balaban J connectivity index is 3.54. The second-order valence-electron chi connectivity index (χ2n) is 1.85. The van der Waals surface area contributed by atoms with E-state index in [1.165, 1.54) is 7.11 Å². The van der Waals surface area contributed by atoms with Gasteiger partial charge in [-0.15, -0.1) is 0 Å². The van der Waals surface area contributed by atoms with Crippen molar-refractivity contribution in [3.05, 3.63) is 0 Å². The highest BCUT2D eigenvalue weighted by Crippen LogP contribution is 1.99. The number of hydrogen-bond acceptors (Lipinski definition) is 2. The predicted octanol–water partition coefficient (Wildman–Crippen LogP) is 0.886. The largest absolute Gasteiger partial charge is 0.479 e. The molecule has 3 heteroatoms. The van der Waals surface area contributed by atoms with Crippen molar-refractivity contribution in [2.45, 2.75) is 25.9 Å². The van der Waals surface area contributed by atoms with Crippen LogP contribution in [0.5, 0.6) is 0 Å². The molecular weight excluding hydrogens is 120 g/mol. The fraction of sp³-hybridized carbons (Fsp3) is 0.833. The molecule has 0 fully saturated rings. The minimum atomic E-state index is -0.876. The first-order valence-corrected chi connectivity index (χ1v) is 2.98. The number of carboxylic acid groups (broad SMARTS) is 1. The topological polar surface area (TPSA) is 46.5 Å². The molecule has 0 saturated heterocycles. The number of hydrogen-bond donors (Lipinski definition) is 1. The van der Waals surface area contributed by atoms with Crippen molar-refractivity contribution in [2.24, 2.45) is 0 Å². The Labute approximate surface area is 54.6 Å². The van der Waals surface area contributed by atoms with E-state index in [9.17, 15) is 4.79 Å². The number of carboxylic acids is 1. The highest BCUT2D eigenvalue weighted by molar-refractivity contribution is 5.72. The molecule has 0 aliphatic rings. The molecule has 0 aliphatic carbocycles. The summed E-state index contributed by atoms with van der Waals surface area (Å²) in [5.41, 5.74) is 0. The van der Waals surface area contributed by atoms with Crippen LogP contribution in [0.15, 0.2) is 0 Å². The highest BCUT2D eigenvalue weighted by Gasteiger charge is 2.13. The van der Waals surface area contributed by atoms with Crippen molar-refractivity contribution in [1.29, 1.82) is 0 Å². The standard InChI is InChI=1S/C6H12O3/c1-3-4-5(9-2)6(7)8/h5H,3-4H2,1-2H3,(H,7,8). The van der Waals surface area contributed by atoms with E-state index < -0.39 is 12.1 Å². The summed E-state index contributed by atoms with van der Waals surface area (Å²) in [6.45, 7) is 1.93. The summed E-state index contributed by atoms with van der Waals surface area (Å²) >= 11 is 0. The van der Waals surface area contributed by atoms with Gasteiger partial charge in [0.05, 0.1) is 0 Å². The minimum Gasteiger partial charge on any atom is -0.479 e. The quantitative estimate of drug-likeness (QED) is 0.617. The van der Waals surface area contributed by atoms with Crippen LogP contribution in [0.1, 0.15) is 19.8 Å². The van der Waals surface area contributed by atoms with Gasteiger partial charge in [0.1, 0.15) is 0 Å². The molecule has 0 aromatic heterocycles. The molecule has 0 saturated carbocycles. The molecule has 54 valence electrons. The second kappa shape index (κ2) is 4.32. The molecule has 0 heterocycles. The number of rotatable bonds is 4. The summed E-state index contributed by atoms with van der Waals surface area (Å²) in [5.74, 6) is -0.876. The van der Waals surface area contributed by atoms with Crippen LogP contribution < -0.4 is 0 Å². The SMILES string of the molecule is CCCC(OC)C(=O)O. The third-order valence-electron chi connectivity index (χ3n) is 1.11. The molecule has 0 aliphatic heterocycles. The van der Waals surface area contributed by atoms with Gasteiger partial charge in [-0.2, -0.15) is 0 Å². The van der Waals surface area contributed by atoms with E-state index in [4.69, 9.17) is 5.11 Å². The molecule has 0 aromatic carbocycles. The van der Waals surface area contributed by atoms with Crippen LogP contribution in [0.25, 0.3) is 0 Å². The van der Waals surface area contributed by atoms with Crippen LogP contribution in [0.4, 0.5) is 0 Å². The van der Waals surface area contributed by atoms with Gasteiger partial charge in [-0.25, -0.2) is 4.79 Å². The van der Waals surface area contributed by atoms with Gasteiger partial charge >= 0.3 is 5.97 Å². The van der Waals surface area contributed by atoms with Crippen molar-refractivity contribution in [2.75, 3.05) is 7.11 Å². The van der Waals surface area contributed by atoms with E-state index in [-0.39, 0.29) is 0 Å². The van der Waals surface area contributed by atoms with Gasteiger partial charge in [-0.3, -0.25) is 0 Å². The van der Waals surface area contributed by atoms with Gasteiger partial charge in [0.15, 0.2) is 6.10 Å². The Kier molecular flexibility index (Phi) is 4.05. The first-order chi connectivity index (χ1) is 4.22. The van der Waals surface area contributed by atoms with Gasteiger partial charge < -0.3 is 9.84 Å². The lowest BCUT2D eigenvalue weighted by Crippen LogP contribution is -2.21. The maximum atomic E-state index is 10.2. The van der Waals surface area contributed by atoms with Crippen molar-refractivity contribution in [3.63, 3.8) is 0 Å². The average Bonchev–Trinajstić information content (AvgIpc) is 1.82. The van der Waals surface area contributed by atoms with Crippen LogP contribution in [0.2, 0.25) is 0 Å². The van der Waals surface area contributed by atoms with E-state index in [0.717, 1.165) is 6.42 Å². The number of ether oxygens (including phenoxy) is 1. The Bertz CT molecular complexity index is 90.3. The predicted molar refractivity (Wildman–Crippen MR) is 33.3 cm³/mol. The zero-order chi connectivity index (χ0) is 7.28. The van der Waals surface area contributed by atoms with E-state index >= 15 is 0 Å². The van der Waals surface area contributed by atoms with Gasteiger partial charge in [0.25, 0.3) is 0 Å². The average molecular weight is 132 g/mol. The van der Waals surface area contributed by atoms with Crippen molar-refractivity contribution >= 4 is 5.97 Å². The number of carbonyl (C=O) groups is 1. The Morgan fingerprint density at radius 2 is 2.33 bits per heavy atom. The van der Waals surface area contributed by atoms with Crippen molar-refractivity contribution < 1.29 is 14.6 Å². The molecule has 0 amide bonds. The molecule has 0 radical (unpaired) electrons. The fourth-order valence-electron chi connectivity index (χ4n) is 0.604. The van der Waals surface area contributed by atoms with E-state index in [2.05, 4.69) is 4.74 Å². The maximum absolute atomic E-state index is 10.2. The van der Waals surface area contributed by atoms with Crippen LogP contribution >= 0.6 is 0 Å². The smallest absolute Gasteiger partial charge is 0.332 e. The highest BCUT2D eigenvalue weighted by atomic mass is 16.5. The maximum Gasteiger partial charge on any atom is 0.332 e. The van der Waals surface area contributed by atoms with E-state index in [1.807, 2.05) is 6.92 Å². The molecular formula is C6H12O3. The van der Waals surface area contributed by atoms with E-state index in [0.29, 0.717) is 6.42 Å². The van der Waals surface area contributed by atoms with Crippen molar-refractivity contribution in [3.8, 4) is 0 Å². The molecule has 1 N–H and O–H groups in total. The zero-order valence-electron chi connectivity index (χ0n) is 5.76. The second-order valence-corrected chi connectivity index (χ2v) is 1.85. The van der Waals surface area contributed by atoms with Crippen LogP contribution in [0, 0.1) is 0 Å². The van der Waals surface area contributed by atoms with Crippen molar-refractivity contribution in [1.82, 2.24) is 0 Å². The van der Waals surface area contributed by atoms with Gasteiger partial charge in [-0.1, -0.05) is 13.3 Å². The Hall–Kier alpha value is -0.570. The normalized spacial score (nSPS) is 13.1. The van der Waals surface area contributed by atoms with Gasteiger partial charge in [-0.05, 0) is 6.42 Å². The lowest BCUT2D eigenvalue weighted by atomic mass is 10.2. The summed E-state index contributed by atoms with van der Waals surface area (Å²) in [4.78, 5) is 10.2. The Morgan fingerprint density at radius 3 is 2.44 bits per heavy atom. The molecule has 1 atom stereocenters. The van der Waals surface area contributed by atoms with Crippen LogP contribution in [-0.4, -0.2) is 24.3 Å². The minimum absolute atomic E-state index is 0.589. The molecule has 0 bridgehead atoms. The number of aliphatic carboxylic acids is 1. The zero-order valence-corrected chi connectivity index (χ0v) is 5.76. The molecule has 0 rings (SSSR count). The summed E-state index contributed by atoms with van der Waals surface area (Å²) < 4.78 is 4.65. The van der Waals surface area contributed by atoms with Gasteiger partial charge in [0, 0.05) is 7.11 Å². The molecule has 3 nitrogen and oxygen atoms in total. The monoisotopic (exact) mass is 132 g/mol. The molecule has 0 aromatic rings. The molecule has 9 heavy (non-hydrogen) atoms. The molecule has 0 spiro atoms. The number of methoxy groups -OCH3 is 1. The van der Waals surface area contributed by atoms with E-state index in [1.54, 1.807) is 0 Å². The third kappa shape index (κ3) is 3.08. The summed E-state index contributed by atoms with van der Waals surface area (Å²) in [7, 11) is 1.41. The molecule has 1 unspecified atom stereocenters. The van der Waals surface area contributed by atoms with Crippen LogP contribution in [-0.2, 0) is 9.53 Å². The summed E-state index contributed by atoms with van der Waals surface area (Å²) in [6.07, 6.45) is 0.811. The fourth-order valence-corrected chi connectivity index (χ4v) is 0.604. The lowest BCUT2D eigenvalue weighted by molar-refractivity contribution is -0.148. The summed E-state index contributed by atoms with van der Waals surface area (Å²) in [6, 6.07) is 0. The first-order valence-electron chi connectivity index (χ1n) is 2.98. The Morgan fingerprint density at radius 1 is 1.78 bits per heavy atom. The summed E-state index contributed by atoms with van der Waals surface area (Å²) in [5, 5.41) is 8.38. The third-order valence-corrected chi connectivity index (χ3v) is 1.11. The lowest BCUT2D eigenvalue weighted by Gasteiger charge is -2.06. The van der Waals surface area contributed by atoms with Gasteiger partial charge in [0.2, 0.25) is 0 Å². The first kappa shape index (κ1) is 8.43.